The highest BCUT2D eigenvalue weighted by Gasteiger charge is 2.30. The summed E-state index contributed by atoms with van der Waals surface area (Å²) in [6.07, 6.45) is 0.435. The van der Waals surface area contributed by atoms with E-state index in [0.29, 0.717) is 19.0 Å². The van der Waals surface area contributed by atoms with E-state index in [-0.39, 0.29) is 24.3 Å². The molecule has 0 aromatic rings. The molecule has 1 atom stereocenters. The molecule has 2 N–H and O–H groups in total. The number of amides is 1. The lowest BCUT2D eigenvalue weighted by Gasteiger charge is -2.37. The maximum atomic E-state index is 12.4. The van der Waals surface area contributed by atoms with Gasteiger partial charge in [-0.1, -0.05) is 13.8 Å². The zero-order chi connectivity index (χ0) is 17.6. The lowest BCUT2D eigenvalue weighted by molar-refractivity contribution is 0.00630. The minimum Gasteiger partial charge on any atom is -0.444 e. The number of aliphatic hydroxyl groups is 1. The summed E-state index contributed by atoms with van der Waals surface area (Å²) in [5.74, 6) is 0.441. The van der Waals surface area contributed by atoms with E-state index < -0.39 is 5.60 Å². The molecule has 5 nitrogen and oxygen atoms in total. The minimum absolute atomic E-state index is 0.172. The molecule has 0 bridgehead atoms. The molecule has 0 rings (SSSR count). The summed E-state index contributed by atoms with van der Waals surface area (Å²) in [6, 6.07) is 0.255. The molecule has 0 aromatic carbocycles. The number of rotatable bonds is 7. The van der Waals surface area contributed by atoms with E-state index >= 15 is 0 Å². The van der Waals surface area contributed by atoms with Crippen molar-refractivity contribution in [2.45, 2.75) is 79.0 Å². The first kappa shape index (κ1) is 21.2. The smallest absolute Gasteiger partial charge is 0.410 e. The summed E-state index contributed by atoms with van der Waals surface area (Å²) in [6.45, 7) is 17.3. The Morgan fingerprint density at radius 3 is 2.09 bits per heavy atom. The lowest BCUT2D eigenvalue weighted by atomic mass is 10.0. The fraction of sp³-hybridized carbons (Fsp3) is 0.941. The van der Waals surface area contributed by atoms with E-state index in [4.69, 9.17) is 9.84 Å². The predicted octanol–water partition coefficient (Wildman–Crippen LogP) is 3.02. The Labute approximate surface area is 136 Å². The van der Waals surface area contributed by atoms with Crippen molar-refractivity contribution in [3.63, 3.8) is 0 Å². The van der Waals surface area contributed by atoms with Crippen molar-refractivity contribution < 1.29 is 14.6 Å². The van der Waals surface area contributed by atoms with Gasteiger partial charge in [-0.15, -0.1) is 0 Å². The molecule has 0 saturated carbocycles. The molecule has 0 aromatic heterocycles. The van der Waals surface area contributed by atoms with Crippen LogP contribution < -0.4 is 5.32 Å². The molecule has 0 radical (unpaired) electrons. The van der Waals surface area contributed by atoms with Gasteiger partial charge in [-0.25, -0.2) is 4.79 Å². The van der Waals surface area contributed by atoms with Crippen LogP contribution in [0.2, 0.25) is 0 Å². The Hall–Kier alpha value is -0.810. The number of aliphatic hydroxyl groups excluding tert-OH is 1. The maximum absolute atomic E-state index is 12.4. The van der Waals surface area contributed by atoms with Gasteiger partial charge in [0, 0.05) is 31.3 Å². The first-order valence-corrected chi connectivity index (χ1v) is 8.23. The molecule has 0 saturated heterocycles. The molecular formula is C17H36N2O3. The van der Waals surface area contributed by atoms with Gasteiger partial charge in [-0.2, -0.15) is 0 Å². The van der Waals surface area contributed by atoms with Gasteiger partial charge in [-0.05, 0) is 53.9 Å². The number of nitrogens with one attached hydrogen (secondary N) is 1. The van der Waals surface area contributed by atoms with Crippen molar-refractivity contribution in [3.05, 3.63) is 0 Å². The van der Waals surface area contributed by atoms with Crippen LogP contribution in [0.4, 0.5) is 4.79 Å². The number of carbonyl (C=O) groups excluding carboxylic acids is 1. The Bertz CT molecular complexity index is 330. The summed E-state index contributed by atoms with van der Waals surface area (Å²) >= 11 is 0. The molecule has 132 valence electrons. The van der Waals surface area contributed by atoms with Gasteiger partial charge < -0.3 is 20.1 Å². The largest absolute Gasteiger partial charge is 0.444 e. The second kappa shape index (κ2) is 8.73. The van der Waals surface area contributed by atoms with E-state index in [1.54, 1.807) is 4.90 Å². The minimum atomic E-state index is -0.495. The Balaban J connectivity index is 4.65. The molecule has 0 heterocycles. The van der Waals surface area contributed by atoms with Crippen molar-refractivity contribution in [2.75, 3.05) is 19.7 Å². The fourth-order valence-corrected chi connectivity index (χ4v) is 2.19. The number of hydrogen-bond acceptors (Lipinski definition) is 4. The van der Waals surface area contributed by atoms with Crippen molar-refractivity contribution in [2.24, 2.45) is 5.92 Å². The monoisotopic (exact) mass is 316 g/mol. The second-order valence-electron chi connectivity index (χ2n) is 8.12. The third kappa shape index (κ3) is 8.59. The first-order valence-electron chi connectivity index (χ1n) is 8.23. The maximum Gasteiger partial charge on any atom is 0.410 e. The molecule has 5 heteroatoms. The van der Waals surface area contributed by atoms with Crippen molar-refractivity contribution in [1.82, 2.24) is 10.2 Å². The molecule has 0 aliphatic heterocycles. The summed E-state index contributed by atoms with van der Waals surface area (Å²) in [4.78, 5) is 14.1. The van der Waals surface area contributed by atoms with Crippen LogP contribution in [0.5, 0.6) is 0 Å². The molecule has 1 amide bonds. The van der Waals surface area contributed by atoms with Gasteiger partial charge in [0.2, 0.25) is 0 Å². The molecular weight excluding hydrogens is 280 g/mol. The highest BCUT2D eigenvalue weighted by atomic mass is 16.6. The number of nitrogens with zero attached hydrogens (tertiary/aromatic N) is 1. The van der Waals surface area contributed by atoms with Crippen molar-refractivity contribution in [1.29, 1.82) is 0 Å². The van der Waals surface area contributed by atoms with Gasteiger partial charge >= 0.3 is 6.09 Å². The van der Waals surface area contributed by atoms with Crippen LogP contribution >= 0.6 is 0 Å². The zero-order valence-electron chi connectivity index (χ0n) is 15.7. The Kier molecular flexibility index (Phi) is 8.40. The van der Waals surface area contributed by atoms with E-state index in [9.17, 15) is 4.79 Å². The zero-order valence-corrected chi connectivity index (χ0v) is 15.7. The van der Waals surface area contributed by atoms with E-state index in [1.807, 2.05) is 41.5 Å². The van der Waals surface area contributed by atoms with Crippen LogP contribution in [0.1, 0.15) is 61.8 Å². The van der Waals surface area contributed by atoms with Crippen LogP contribution in [0, 0.1) is 5.92 Å². The Morgan fingerprint density at radius 2 is 1.73 bits per heavy atom. The first-order chi connectivity index (χ1) is 9.88. The molecule has 0 aliphatic rings. The number of carbonyl (C=O) groups is 1. The second-order valence-corrected chi connectivity index (χ2v) is 8.12. The third-order valence-electron chi connectivity index (χ3n) is 3.41. The van der Waals surface area contributed by atoms with E-state index in [2.05, 4.69) is 19.2 Å². The third-order valence-corrected chi connectivity index (χ3v) is 3.41. The summed E-state index contributed by atoms with van der Waals surface area (Å²) in [7, 11) is 0. The van der Waals surface area contributed by atoms with Gasteiger partial charge in [0.1, 0.15) is 5.60 Å². The standard InChI is InChI=1S/C17H36N2O3/c1-13(2)14(9-12-20)18-10-11-19(16(3,4)5)15(21)22-17(6,7)8/h13-14,18,20H,9-12H2,1-8H3. The fourth-order valence-electron chi connectivity index (χ4n) is 2.19. The molecule has 0 fully saturated rings. The highest BCUT2D eigenvalue weighted by molar-refractivity contribution is 5.69. The quantitative estimate of drug-likeness (QED) is 0.758. The average Bonchev–Trinajstić information content (AvgIpc) is 2.28. The number of hydrogen-bond donors (Lipinski definition) is 2. The SMILES string of the molecule is CC(C)C(CCO)NCCN(C(=O)OC(C)(C)C)C(C)(C)C. The van der Waals surface area contributed by atoms with Gasteiger partial charge in [0.25, 0.3) is 0 Å². The summed E-state index contributed by atoms with van der Waals surface area (Å²) in [5, 5.41) is 12.5. The van der Waals surface area contributed by atoms with Crippen LogP contribution in [0.15, 0.2) is 0 Å². The molecule has 0 aliphatic carbocycles. The molecule has 22 heavy (non-hydrogen) atoms. The lowest BCUT2D eigenvalue weighted by Crippen LogP contribution is -2.51. The van der Waals surface area contributed by atoms with E-state index in [0.717, 1.165) is 6.42 Å². The van der Waals surface area contributed by atoms with Crippen LogP contribution in [-0.2, 0) is 4.74 Å². The predicted molar refractivity (Wildman–Crippen MR) is 91.0 cm³/mol. The average molecular weight is 316 g/mol. The topological polar surface area (TPSA) is 61.8 Å². The molecule has 1 unspecified atom stereocenters. The van der Waals surface area contributed by atoms with Gasteiger partial charge in [-0.3, -0.25) is 0 Å². The van der Waals surface area contributed by atoms with Crippen molar-refractivity contribution >= 4 is 6.09 Å². The summed E-state index contributed by atoms with van der Waals surface area (Å²) < 4.78 is 5.50. The van der Waals surface area contributed by atoms with Crippen molar-refractivity contribution in [3.8, 4) is 0 Å². The normalized spacial score (nSPS) is 14.1. The van der Waals surface area contributed by atoms with Crippen LogP contribution in [0.3, 0.4) is 0 Å². The van der Waals surface area contributed by atoms with Gasteiger partial charge in [0.15, 0.2) is 0 Å². The molecule has 0 spiro atoms. The highest BCUT2D eigenvalue weighted by Crippen LogP contribution is 2.18. The van der Waals surface area contributed by atoms with Crippen LogP contribution in [-0.4, -0.2) is 53.0 Å². The van der Waals surface area contributed by atoms with Crippen LogP contribution in [0.25, 0.3) is 0 Å². The number of ether oxygens (including phenoxy) is 1. The Morgan fingerprint density at radius 1 is 1.18 bits per heavy atom. The van der Waals surface area contributed by atoms with E-state index in [1.165, 1.54) is 0 Å². The summed E-state index contributed by atoms with van der Waals surface area (Å²) in [5.41, 5.74) is -0.792. The van der Waals surface area contributed by atoms with Gasteiger partial charge in [0.05, 0.1) is 0 Å².